The molecule has 0 unspecified atom stereocenters. The molecule has 0 atom stereocenters. The van der Waals surface area contributed by atoms with Gasteiger partial charge in [-0.3, -0.25) is 4.79 Å². The first-order valence-electron chi connectivity index (χ1n) is 3.04. The molecule has 0 N–H and O–H groups in total. The van der Waals surface area contributed by atoms with Gasteiger partial charge in [0.05, 0.1) is 6.07 Å². The van der Waals surface area contributed by atoms with Crippen LogP contribution in [0.15, 0.2) is 0 Å². The molecule has 0 saturated carbocycles. The van der Waals surface area contributed by atoms with Crippen molar-refractivity contribution in [3.05, 3.63) is 0 Å². The van der Waals surface area contributed by atoms with Crippen molar-refractivity contribution in [3.8, 4) is 6.07 Å². The molecule has 0 aliphatic heterocycles. The van der Waals surface area contributed by atoms with E-state index in [-0.39, 0.29) is 6.42 Å². The highest BCUT2D eigenvalue weighted by Crippen LogP contribution is 2.07. The SMILES string of the molecule is CC(C)(C)OC(=O)C[14C]#N. The van der Waals surface area contributed by atoms with Crippen molar-refractivity contribution in [2.24, 2.45) is 0 Å². The van der Waals surface area contributed by atoms with Crippen LogP contribution < -0.4 is 0 Å². The second-order valence-electron chi connectivity index (χ2n) is 2.92. The van der Waals surface area contributed by atoms with Crippen LogP contribution in [0.5, 0.6) is 0 Å². The van der Waals surface area contributed by atoms with E-state index in [4.69, 9.17) is 10.00 Å². The van der Waals surface area contributed by atoms with Gasteiger partial charge in [-0.15, -0.1) is 0 Å². The Labute approximate surface area is 60.6 Å². The molecule has 3 heteroatoms. The van der Waals surface area contributed by atoms with Crippen LogP contribution in [0.4, 0.5) is 0 Å². The molecule has 0 saturated heterocycles. The summed E-state index contributed by atoms with van der Waals surface area (Å²) in [4.78, 5) is 10.6. The van der Waals surface area contributed by atoms with Crippen molar-refractivity contribution in [2.45, 2.75) is 32.8 Å². The summed E-state index contributed by atoms with van der Waals surface area (Å²) in [6, 6.07) is 1.72. The second kappa shape index (κ2) is 3.21. The Morgan fingerprint density at radius 1 is 1.60 bits per heavy atom. The molecule has 0 radical (unpaired) electrons. The molecule has 0 aromatic carbocycles. The minimum absolute atomic E-state index is 0.169. The Morgan fingerprint density at radius 3 is 2.40 bits per heavy atom. The van der Waals surface area contributed by atoms with Gasteiger partial charge in [-0.25, -0.2) is 0 Å². The van der Waals surface area contributed by atoms with E-state index in [1.54, 1.807) is 26.8 Å². The van der Waals surface area contributed by atoms with E-state index in [2.05, 4.69) is 0 Å². The molecule has 0 bridgehead atoms. The number of hydrogen-bond acceptors (Lipinski definition) is 3. The second-order valence-corrected chi connectivity index (χ2v) is 2.92. The predicted octanol–water partition coefficient (Wildman–Crippen LogP) is 1.24. The van der Waals surface area contributed by atoms with E-state index < -0.39 is 11.6 Å². The van der Waals surface area contributed by atoms with E-state index in [9.17, 15) is 4.79 Å². The fourth-order valence-corrected chi connectivity index (χ4v) is 0.442. The summed E-state index contributed by atoms with van der Waals surface area (Å²) in [6.45, 7) is 5.30. The summed E-state index contributed by atoms with van der Waals surface area (Å²) in [6.07, 6.45) is -0.169. The monoisotopic (exact) mass is 143 g/mol. The van der Waals surface area contributed by atoms with Crippen LogP contribution in [-0.4, -0.2) is 11.6 Å². The molecule has 0 amide bonds. The van der Waals surface area contributed by atoms with Crippen molar-refractivity contribution in [1.82, 2.24) is 0 Å². The Kier molecular flexibility index (Phi) is 2.88. The van der Waals surface area contributed by atoms with Crippen LogP contribution in [0.2, 0.25) is 0 Å². The van der Waals surface area contributed by atoms with Gasteiger partial charge in [0.25, 0.3) is 0 Å². The van der Waals surface area contributed by atoms with Crippen LogP contribution >= 0.6 is 0 Å². The average molecular weight is 143 g/mol. The standard InChI is InChI=1S/C7H11NO2/c1-7(2,3)10-6(9)4-5-8/h4H2,1-3H3/i5+2. The van der Waals surface area contributed by atoms with Crippen molar-refractivity contribution in [3.63, 3.8) is 0 Å². The molecule has 0 aliphatic rings. The Bertz CT molecular complexity index is 161. The first kappa shape index (κ1) is 8.96. The molecule has 56 valence electrons. The van der Waals surface area contributed by atoms with Crippen LogP contribution in [0.25, 0.3) is 0 Å². The number of nitrogens with zero attached hydrogens (tertiary/aromatic N) is 1. The largest absolute Gasteiger partial charge is 0.459 e. The number of hydrogen-bond donors (Lipinski definition) is 0. The zero-order valence-electron chi connectivity index (χ0n) is 6.47. The maximum Gasteiger partial charge on any atom is 0.320 e. The summed E-state index contributed by atoms with van der Waals surface area (Å²) >= 11 is 0. The molecule has 10 heavy (non-hydrogen) atoms. The highest BCUT2D eigenvalue weighted by molar-refractivity contribution is 5.72. The number of carbonyl (C=O) groups is 1. The third kappa shape index (κ3) is 5.10. The third-order valence-electron chi connectivity index (χ3n) is 0.643. The van der Waals surface area contributed by atoms with Crippen LogP contribution in [0, 0.1) is 11.3 Å². The first-order valence-corrected chi connectivity index (χ1v) is 3.04. The van der Waals surface area contributed by atoms with E-state index in [0.717, 1.165) is 0 Å². The number of nitriles is 1. The number of esters is 1. The van der Waals surface area contributed by atoms with Crippen LogP contribution in [-0.2, 0) is 9.53 Å². The molecule has 0 aliphatic carbocycles. The summed E-state index contributed by atoms with van der Waals surface area (Å²) in [5, 5.41) is 8.08. The van der Waals surface area contributed by atoms with E-state index in [1.807, 2.05) is 0 Å². The lowest BCUT2D eigenvalue weighted by Crippen LogP contribution is -2.23. The summed E-state index contributed by atoms with van der Waals surface area (Å²) in [7, 11) is 0. The Hall–Kier alpha value is -1.04. The molecule has 0 spiro atoms. The van der Waals surface area contributed by atoms with E-state index in [0.29, 0.717) is 0 Å². The quantitative estimate of drug-likeness (QED) is 0.519. The van der Waals surface area contributed by atoms with Gasteiger partial charge in [-0.2, -0.15) is 5.26 Å². The first-order chi connectivity index (χ1) is 4.45. The maximum absolute atomic E-state index is 10.6. The van der Waals surface area contributed by atoms with Gasteiger partial charge < -0.3 is 4.74 Å². The van der Waals surface area contributed by atoms with E-state index >= 15 is 0 Å². The highest BCUT2D eigenvalue weighted by Gasteiger charge is 2.15. The fraction of sp³-hybridized carbons (Fsp3) is 0.714. The van der Waals surface area contributed by atoms with Crippen molar-refractivity contribution >= 4 is 5.97 Å². The van der Waals surface area contributed by atoms with Crippen molar-refractivity contribution in [1.29, 1.82) is 5.26 Å². The normalized spacial score (nSPS) is 10.2. The lowest BCUT2D eigenvalue weighted by atomic mass is 10.2. The minimum Gasteiger partial charge on any atom is -0.459 e. The molecule has 0 fully saturated rings. The Balaban J connectivity index is 3.72. The third-order valence-corrected chi connectivity index (χ3v) is 0.643. The van der Waals surface area contributed by atoms with Gasteiger partial charge in [0.2, 0.25) is 0 Å². The van der Waals surface area contributed by atoms with Crippen LogP contribution in [0.1, 0.15) is 27.2 Å². The molecular formula is C7H11NO2. The molecule has 0 aromatic heterocycles. The molecule has 3 nitrogen and oxygen atoms in total. The zero-order chi connectivity index (χ0) is 8.20. The van der Waals surface area contributed by atoms with Crippen LogP contribution in [0.3, 0.4) is 0 Å². The summed E-state index contributed by atoms with van der Waals surface area (Å²) in [5.74, 6) is -0.463. The van der Waals surface area contributed by atoms with Gasteiger partial charge in [0.15, 0.2) is 0 Å². The summed E-state index contributed by atoms with van der Waals surface area (Å²) in [5.41, 5.74) is -0.478. The minimum atomic E-state index is -0.478. The van der Waals surface area contributed by atoms with E-state index in [1.165, 1.54) is 0 Å². The Morgan fingerprint density at radius 2 is 2.10 bits per heavy atom. The fourth-order valence-electron chi connectivity index (χ4n) is 0.442. The van der Waals surface area contributed by atoms with Crippen molar-refractivity contribution < 1.29 is 9.53 Å². The topological polar surface area (TPSA) is 50.1 Å². The van der Waals surface area contributed by atoms with Gasteiger partial charge in [-0.05, 0) is 20.8 Å². The highest BCUT2D eigenvalue weighted by atomic mass is 16.6. The zero-order valence-corrected chi connectivity index (χ0v) is 6.47. The number of ether oxygens (including phenoxy) is 1. The van der Waals surface area contributed by atoms with Crippen molar-refractivity contribution in [2.75, 3.05) is 0 Å². The molecular weight excluding hydrogens is 132 g/mol. The van der Waals surface area contributed by atoms with Gasteiger partial charge in [0, 0.05) is 0 Å². The average Bonchev–Trinajstić information content (AvgIpc) is 1.59. The molecule has 0 rings (SSSR count). The molecule has 0 heterocycles. The number of carbonyl (C=O) groups excluding carboxylic acids is 1. The molecule has 0 aromatic rings. The summed E-state index contributed by atoms with van der Waals surface area (Å²) < 4.78 is 4.82. The lowest BCUT2D eigenvalue weighted by Gasteiger charge is -2.18. The number of rotatable bonds is 1. The maximum atomic E-state index is 10.6. The van der Waals surface area contributed by atoms with Gasteiger partial charge >= 0.3 is 5.97 Å². The lowest BCUT2D eigenvalue weighted by molar-refractivity contribution is -0.153. The predicted molar refractivity (Wildman–Crippen MR) is 36.1 cm³/mol. The van der Waals surface area contributed by atoms with Gasteiger partial charge in [0.1, 0.15) is 12.0 Å². The smallest absolute Gasteiger partial charge is 0.320 e. The van der Waals surface area contributed by atoms with Gasteiger partial charge in [-0.1, -0.05) is 0 Å².